The van der Waals surface area contributed by atoms with Crippen LogP contribution in [0.4, 0.5) is 5.82 Å². The number of halogens is 1. The summed E-state index contributed by atoms with van der Waals surface area (Å²) in [6, 6.07) is 9.98. The summed E-state index contributed by atoms with van der Waals surface area (Å²) >= 11 is 5.89. The molecule has 0 saturated carbocycles. The van der Waals surface area contributed by atoms with Crippen LogP contribution in [-0.4, -0.2) is 56.8 Å². The number of nitrogen functional groups attached to an aromatic ring is 1. The lowest BCUT2D eigenvalue weighted by molar-refractivity contribution is 0.0528. The summed E-state index contributed by atoms with van der Waals surface area (Å²) in [6.07, 6.45) is 2.26. The van der Waals surface area contributed by atoms with Crippen molar-refractivity contribution in [3.63, 3.8) is 0 Å². The van der Waals surface area contributed by atoms with E-state index in [0.717, 1.165) is 0 Å². The van der Waals surface area contributed by atoms with E-state index in [1.165, 1.54) is 24.1 Å². The second-order valence-corrected chi connectivity index (χ2v) is 8.40. The van der Waals surface area contributed by atoms with Gasteiger partial charge in [0, 0.05) is 23.3 Å². The monoisotopic (exact) mass is 524 g/mol. The zero-order valence-electron chi connectivity index (χ0n) is 20.1. The third-order valence-electron chi connectivity index (χ3n) is 5.62. The minimum absolute atomic E-state index is 0.1000. The van der Waals surface area contributed by atoms with Gasteiger partial charge in [-0.05, 0) is 43.2 Å². The second-order valence-electron chi connectivity index (χ2n) is 7.96. The molecule has 0 aliphatic rings. The van der Waals surface area contributed by atoms with Crippen molar-refractivity contribution in [2.45, 2.75) is 19.4 Å². The molecule has 4 aromatic rings. The number of pyridine rings is 1. The predicted molar refractivity (Wildman–Crippen MR) is 137 cm³/mol. The van der Waals surface area contributed by atoms with E-state index < -0.39 is 18.0 Å². The topological polar surface area (TPSA) is 154 Å². The molecule has 192 valence electrons. The Morgan fingerprint density at radius 1 is 1.19 bits per heavy atom. The van der Waals surface area contributed by atoms with Gasteiger partial charge < -0.3 is 25.6 Å². The number of nitrogens with one attached hydrogen (secondary N) is 1. The van der Waals surface area contributed by atoms with Crippen molar-refractivity contribution < 1.29 is 24.2 Å². The zero-order chi connectivity index (χ0) is 26.5. The zero-order valence-corrected chi connectivity index (χ0v) is 20.9. The van der Waals surface area contributed by atoms with Crippen LogP contribution in [0.15, 0.2) is 48.9 Å². The van der Waals surface area contributed by atoms with Crippen LogP contribution in [0, 0.1) is 0 Å². The predicted octanol–water partition coefficient (Wildman–Crippen LogP) is 3.07. The number of rotatable bonds is 9. The van der Waals surface area contributed by atoms with Gasteiger partial charge in [0.1, 0.15) is 17.4 Å². The van der Waals surface area contributed by atoms with Crippen molar-refractivity contribution in [3.8, 4) is 17.1 Å². The molecule has 0 aliphatic heterocycles. The number of fused-ring (bicyclic) bond motifs is 1. The second kappa shape index (κ2) is 11.2. The quantitative estimate of drug-likeness (QED) is 0.280. The molecule has 4 N–H and O–H groups in total. The van der Waals surface area contributed by atoms with E-state index in [0.29, 0.717) is 21.8 Å². The Bertz CT molecular complexity index is 1440. The molecule has 37 heavy (non-hydrogen) atoms. The van der Waals surface area contributed by atoms with E-state index in [2.05, 4.69) is 20.4 Å². The molecule has 12 heteroatoms. The fourth-order valence-electron chi connectivity index (χ4n) is 3.82. The number of carbonyl (C=O) groups is 2. The first kappa shape index (κ1) is 25.9. The molecule has 0 unspecified atom stereocenters. The largest absolute Gasteiger partial charge is 0.480 e. The third kappa shape index (κ3) is 5.47. The van der Waals surface area contributed by atoms with Crippen LogP contribution < -0.4 is 15.8 Å². The molecule has 0 aliphatic carbocycles. The van der Waals surface area contributed by atoms with Crippen molar-refractivity contribution in [2.24, 2.45) is 0 Å². The van der Waals surface area contributed by atoms with Gasteiger partial charge in [-0.2, -0.15) is 5.10 Å². The van der Waals surface area contributed by atoms with Gasteiger partial charge in [-0.1, -0.05) is 23.7 Å². The van der Waals surface area contributed by atoms with Gasteiger partial charge in [-0.15, -0.1) is 0 Å². The summed E-state index contributed by atoms with van der Waals surface area (Å²) in [5.41, 5.74) is 8.29. The minimum Gasteiger partial charge on any atom is -0.480 e. The molecule has 0 radical (unpaired) electrons. The van der Waals surface area contributed by atoms with Gasteiger partial charge in [0.25, 0.3) is 5.91 Å². The van der Waals surface area contributed by atoms with Crippen molar-refractivity contribution in [1.82, 2.24) is 24.9 Å². The summed E-state index contributed by atoms with van der Waals surface area (Å²) in [7, 11) is 1.41. The molecule has 3 aromatic heterocycles. The molecule has 0 fully saturated rings. The van der Waals surface area contributed by atoms with Gasteiger partial charge in [-0.3, -0.25) is 4.79 Å². The number of methoxy groups -OCH3 is 1. The number of aliphatic hydroxyl groups excluding tert-OH is 1. The number of esters is 1. The first-order valence-corrected chi connectivity index (χ1v) is 11.8. The molecule has 0 bridgehead atoms. The van der Waals surface area contributed by atoms with Crippen LogP contribution in [0.5, 0.6) is 5.88 Å². The van der Waals surface area contributed by atoms with Crippen LogP contribution in [0.2, 0.25) is 5.02 Å². The number of amides is 1. The number of hydrogen-bond donors (Lipinski definition) is 3. The number of benzene rings is 1. The summed E-state index contributed by atoms with van der Waals surface area (Å²) < 4.78 is 11.9. The van der Waals surface area contributed by atoms with Crippen molar-refractivity contribution >= 4 is 34.8 Å². The van der Waals surface area contributed by atoms with E-state index in [1.54, 1.807) is 43.3 Å². The standard InChI is InChI=1S/C25H25ClN6O5/c1-3-37-25(35)17-11-19(32-21(17)22(27)30-13-31-32)15-10-18(24(36-2)29-12-15)23(34)28-9-8-20(33)14-4-6-16(26)7-5-14/h4-7,10-13,20,33H,3,8-9H2,1-2H3,(H,28,34)(H2,27,30,31)/t20-/m0/s1. The van der Waals surface area contributed by atoms with Crippen LogP contribution in [0.3, 0.4) is 0 Å². The Hall–Kier alpha value is -4.22. The number of ether oxygens (including phenoxy) is 2. The van der Waals surface area contributed by atoms with Gasteiger partial charge >= 0.3 is 5.97 Å². The Balaban J connectivity index is 1.60. The fraction of sp³-hybridized carbons (Fsp3) is 0.240. The number of hydrogen-bond acceptors (Lipinski definition) is 9. The smallest absolute Gasteiger partial charge is 0.340 e. The summed E-state index contributed by atoms with van der Waals surface area (Å²) in [5, 5.41) is 18.0. The fourth-order valence-corrected chi connectivity index (χ4v) is 3.95. The number of nitrogens with zero attached hydrogens (tertiary/aromatic N) is 4. The highest BCUT2D eigenvalue weighted by Crippen LogP contribution is 2.30. The maximum Gasteiger partial charge on any atom is 0.340 e. The number of aromatic nitrogens is 4. The maximum atomic E-state index is 13.0. The third-order valence-corrected chi connectivity index (χ3v) is 5.87. The summed E-state index contributed by atoms with van der Waals surface area (Å²) in [6.45, 7) is 2.07. The molecule has 4 rings (SSSR count). The summed E-state index contributed by atoms with van der Waals surface area (Å²) in [4.78, 5) is 33.8. The van der Waals surface area contributed by atoms with Crippen molar-refractivity contribution in [1.29, 1.82) is 0 Å². The maximum absolute atomic E-state index is 13.0. The van der Waals surface area contributed by atoms with Crippen molar-refractivity contribution in [3.05, 3.63) is 70.6 Å². The number of carbonyl (C=O) groups excluding carboxylic acids is 2. The first-order valence-electron chi connectivity index (χ1n) is 11.4. The minimum atomic E-state index is -0.776. The molecule has 3 heterocycles. The van der Waals surface area contributed by atoms with Crippen LogP contribution in [-0.2, 0) is 4.74 Å². The molecular weight excluding hydrogens is 500 g/mol. The SMILES string of the molecule is CCOC(=O)c1cc(-c2cnc(OC)c(C(=O)NCC[C@H](O)c3ccc(Cl)cc3)c2)n2ncnc(N)c12. The lowest BCUT2D eigenvalue weighted by Crippen LogP contribution is -2.26. The van der Waals surface area contributed by atoms with Gasteiger partial charge in [0.2, 0.25) is 5.88 Å². The molecule has 0 spiro atoms. The average Bonchev–Trinajstić information content (AvgIpc) is 3.30. The van der Waals surface area contributed by atoms with Crippen LogP contribution in [0.1, 0.15) is 45.7 Å². The van der Waals surface area contributed by atoms with Gasteiger partial charge in [0.05, 0.1) is 31.1 Å². The Labute approximate surface area is 217 Å². The van der Waals surface area contributed by atoms with Crippen LogP contribution >= 0.6 is 11.6 Å². The lowest BCUT2D eigenvalue weighted by atomic mass is 10.1. The molecule has 1 aromatic carbocycles. The van der Waals surface area contributed by atoms with Gasteiger partial charge in [0.15, 0.2) is 5.82 Å². The van der Waals surface area contributed by atoms with E-state index in [4.69, 9.17) is 26.8 Å². The number of nitrogens with two attached hydrogens (primary N) is 1. The molecular formula is C25H25ClN6O5. The first-order chi connectivity index (χ1) is 17.8. The molecule has 11 nitrogen and oxygen atoms in total. The van der Waals surface area contributed by atoms with Gasteiger partial charge in [-0.25, -0.2) is 19.3 Å². The number of aliphatic hydroxyl groups is 1. The molecule has 1 amide bonds. The highest BCUT2D eigenvalue weighted by Gasteiger charge is 2.23. The highest BCUT2D eigenvalue weighted by atomic mass is 35.5. The Morgan fingerprint density at radius 2 is 1.95 bits per heavy atom. The van der Waals surface area contributed by atoms with E-state index >= 15 is 0 Å². The number of anilines is 1. The highest BCUT2D eigenvalue weighted by molar-refractivity contribution is 6.30. The lowest BCUT2D eigenvalue weighted by Gasteiger charge is -2.13. The Morgan fingerprint density at radius 3 is 2.65 bits per heavy atom. The van der Waals surface area contributed by atoms with E-state index in [1.807, 2.05) is 0 Å². The van der Waals surface area contributed by atoms with E-state index in [-0.39, 0.29) is 47.9 Å². The Kier molecular flexibility index (Phi) is 7.85. The molecule has 1 atom stereocenters. The normalized spacial score (nSPS) is 11.8. The van der Waals surface area contributed by atoms with E-state index in [9.17, 15) is 14.7 Å². The molecule has 0 saturated heterocycles. The van der Waals surface area contributed by atoms with Crippen LogP contribution in [0.25, 0.3) is 16.8 Å². The van der Waals surface area contributed by atoms with Crippen molar-refractivity contribution in [2.75, 3.05) is 26.0 Å². The average molecular weight is 525 g/mol. The summed E-state index contributed by atoms with van der Waals surface area (Å²) in [5.74, 6) is -0.815.